The summed E-state index contributed by atoms with van der Waals surface area (Å²) in [6.45, 7) is 5.75. The number of esters is 1. The predicted molar refractivity (Wildman–Crippen MR) is 146 cm³/mol. The van der Waals surface area contributed by atoms with Gasteiger partial charge in [-0.1, -0.05) is 70.9 Å². The summed E-state index contributed by atoms with van der Waals surface area (Å²) in [5, 5.41) is 0. The van der Waals surface area contributed by atoms with Crippen molar-refractivity contribution in [3.05, 3.63) is 60.7 Å². The number of benzene rings is 2. The van der Waals surface area contributed by atoms with Gasteiger partial charge >= 0.3 is 5.97 Å². The Balaban J connectivity index is 1.54. The second kappa shape index (κ2) is 14.6. The van der Waals surface area contributed by atoms with Gasteiger partial charge in [0.15, 0.2) is 17.4 Å². The van der Waals surface area contributed by atoms with E-state index in [2.05, 4.69) is 16.9 Å². The summed E-state index contributed by atoms with van der Waals surface area (Å²) in [5.41, 5.74) is 0.0752. The van der Waals surface area contributed by atoms with Crippen LogP contribution in [0.3, 0.4) is 0 Å². The van der Waals surface area contributed by atoms with Crippen molar-refractivity contribution >= 4 is 5.97 Å². The van der Waals surface area contributed by atoms with Crippen molar-refractivity contribution in [3.8, 4) is 34.0 Å². The molecule has 3 aromatic rings. The maximum absolute atomic E-state index is 14.6. The Morgan fingerprint density at radius 3 is 2.11 bits per heavy atom. The zero-order valence-electron chi connectivity index (χ0n) is 22.6. The minimum absolute atomic E-state index is 0.104. The van der Waals surface area contributed by atoms with E-state index in [1.165, 1.54) is 45.1 Å². The second-order valence-electron chi connectivity index (χ2n) is 9.77. The zero-order valence-corrected chi connectivity index (χ0v) is 22.6. The van der Waals surface area contributed by atoms with Gasteiger partial charge in [-0.3, -0.25) is 0 Å². The lowest BCUT2D eigenvalue weighted by Gasteiger charge is -2.17. The molecule has 38 heavy (non-hydrogen) atoms. The Hall–Kier alpha value is -3.35. The molecule has 0 spiro atoms. The topological polar surface area (TPSA) is 61.3 Å². The summed E-state index contributed by atoms with van der Waals surface area (Å²) in [6.07, 6.45) is 12.2. The van der Waals surface area contributed by atoms with E-state index in [0.29, 0.717) is 24.4 Å². The summed E-state index contributed by atoms with van der Waals surface area (Å²) < 4.78 is 39.8. The van der Waals surface area contributed by atoms with Crippen molar-refractivity contribution in [1.29, 1.82) is 0 Å². The molecule has 0 aliphatic heterocycles. The molecule has 0 fully saturated rings. The van der Waals surface area contributed by atoms with Crippen molar-refractivity contribution < 1.29 is 23.0 Å². The van der Waals surface area contributed by atoms with Crippen LogP contribution in [0.5, 0.6) is 11.5 Å². The molecule has 1 atom stereocenters. The first-order chi connectivity index (χ1) is 18.3. The van der Waals surface area contributed by atoms with Crippen LogP contribution >= 0.6 is 0 Å². The number of carbonyl (C=O) groups excluding carboxylic acids is 1. The first-order valence-corrected chi connectivity index (χ1v) is 13.6. The third-order valence-electron chi connectivity index (χ3n) is 6.39. The molecule has 0 amide bonds. The van der Waals surface area contributed by atoms with E-state index in [0.717, 1.165) is 24.0 Å². The number of hydrogen-bond acceptors (Lipinski definition) is 5. The number of nitrogens with zero attached hydrogens (tertiary/aromatic N) is 2. The molecular formula is C31H38F2N2O3. The van der Waals surface area contributed by atoms with E-state index in [-0.39, 0.29) is 17.9 Å². The number of alkyl halides is 1. The summed E-state index contributed by atoms with van der Waals surface area (Å²) in [6, 6.07) is 11.4. The fourth-order valence-electron chi connectivity index (χ4n) is 4.12. The number of halogens is 2. The summed E-state index contributed by atoms with van der Waals surface area (Å²) in [5.74, 6) is -0.441. The second-order valence-corrected chi connectivity index (χ2v) is 9.77. The highest BCUT2D eigenvalue weighted by atomic mass is 19.1. The molecule has 1 aromatic heterocycles. The SMILES string of the molecule is CCCCCCCCCOc1ccc(-c2ncc(-c3ccc(OC(=O)[C@@](C)(F)CCC)cc3)cn2)cc1F. The standard InChI is InChI=1S/C31H38F2N2O3/c1-4-6-7-8-9-10-11-19-37-28-17-14-24(20-27(28)32)29-34-21-25(22-35-29)23-12-15-26(16-13-23)38-30(36)31(3,33)18-5-2/h12-17,20-22H,4-11,18-19H2,1-3H3/t31-/m0/s1. The predicted octanol–water partition coefficient (Wildman–Crippen LogP) is 8.51. The van der Waals surface area contributed by atoms with Crippen LogP contribution < -0.4 is 9.47 Å². The molecule has 0 saturated heterocycles. The van der Waals surface area contributed by atoms with Crippen molar-refractivity contribution in [2.45, 2.75) is 84.2 Å². The van der Waals surface area contributed by atoms with E-state index in [4.69, 9.17) is 9.47 Å². The Labute approximate surface area is 224 Å². The van der Waals surface area contributed by atoms with Gasteiger partial charge in [-0.15, -0.1) is 0 Å². The van der Waals surface area contributed by atoms with Crippen molar-refractivity contribution in [3.63, 3.8) is 0 Å². The summed E-state index contributed by atoms with van der Waals surface area (Å²) >= 11 is 0. The minimum atomic E-state index is -2.02. The van der Waals surface area contributed by atoms with Gasteiger partial charge in [-0.05, 0) is 55.7 Å². The Morgan fingerprint density at radius 1 is 0.842 bits per heavy atom. The smallest absolute Gasteiger partial charge is 0.348 e. The molecular weight excluding hydrogens is 486 g/mol. The van der Waals surface area contributed by atoms with Crippen molar-refractivity contribution in [2.75, 3.05) is 6.61 Å². The Morgan fingerprint density at radius 2 is 1.47 bits per heavy atom. The largest absolute Gasteiger partial charge is 0.491 e. The summed E-state index contributed by atoms with van der Waals surface area (Å²) in [7, 11) is 0. The number of ether oxygens (including phenoxy) is 2. The molecule has 1 heterocycles. The highest BCUT2D eigenvalue weighted by Crippen LogP contribution is 2.27. The number of carbonyl (C=O) groups is 1. The average molecular weight is 525 g/mol. The van der Waals surface area contributed by atoms with Gasteiger partial charge in [-0.2, -0.15) is 0 Å². The third-order valence-corrected chi connectivity index (χ3v) is 6.39. The fraction of sp³-hybridized carbons (Fsp3) is 0.452. The number of aromatic nitrogens is 2. The first kappa shape index (κ1) is 29.2. The van der Waals surface area contributed by atoms with Crippen LogP contribution in [-0.4, -0.2) is 28.2 Å². The number of unbranched alkanes of at least 4 members (excludes halogenated alkanes) is 6. The van der Waals surface area contributed by atoms with Crippen molar-refractivity contribution in [1.82, 2.24) is 9.97 Å². The molecule has 0 saturated carbocycles. The van der Waals surface area contributed by atoms with Crippen LogP contribution in [0.4, 0.5) is 8.78 Å². The highest BCUT2D eigenvalue weighted by Gasteiger charge is 2.34. The lowest BCUT2D eigenvalue weighted by Crippen LogP contribution is -2.34. The van der Waals surface area contributed by atoms with Gasteiger partial charge in [0.25, 0.3) is 0 Å². The van der Waals surface area contributed by atoms with Gasteiger partial charge in [0.1, 0.15) is 5.75 Å². The van der Waals surface area contributed by atoms with Crippen molar-refractivity contribution in [2.24, 2.45) is 0 Å². The maximum Gasteiger partial charge on any atom is 0.348 e. The van der Waals surface area contributed by atoms with Gasteiger partial charge in [0.05, 0.1) is 6.61 Å². The lowest BCUT2D eigenvalue weighted by atomic mass is 10.0. The van der Waals surface area contributed by atoms with Crippen LogP contribution in [0.25, 0.3) is 22.5 Å². The number of hydrogen-bond donors (Lipinski definition) is 0. The quantitative estimate of drug-likeness (QED) is 0.113. The molecule has 7 heteroatoms. The Kier molecular flexibility index (Phi) is 11.2. The monoisotopic (exact) mass is 524 g/mol. The van der Waals surface area contributed by atoms with Gasteiger partial charge < -0.3 is 9.47 Å². The normalized spacial score (nSPS) is 12.7. The van der Waals surface area contributed by atoms with Gasteiger partial charge in [-0.25, -0.2) is 23.5 Å². The number of rotatable bonds is 15. The van der Waals surface area contributed by atoms with E-state index >= 15 is 0 Å². The molecule has 5 nitrogen and oxygen atoms in total. The molecule has 0 radical (unpaired) electrons. The van der Waals surface area contributed by atoms with Crippen LogP contribution in [0.1, 0.15) is 78.6 Å². The third kappa shape index (κ3) is 8.61. The van der Waals surface area contributed by atoms with E-state index in [9.17, 15) is 13.6 Å². The molecule has 0 N–H and O–H groups in total. The van der Waals surface area contributed by atoms with Crippen LogP contribution in [0.2, 0.25) is 0 Å². The first-order valence-electron chi connectivity index (χ1n) is 13.6. The Bertz CT molecular complexity index is 1150. The van der Waals surface area contributed by atoms with Gasteiger partial charge in [0.2, 0.25) is 5.67 Å². The zero-order chi connectivity index (χ0) is 27.4. The molecule has 0 aliphatic carbocycles. The lowest BCUT2D eigenvalue weighted by molar-refractivity contribution is -0.147. The van der Waals surface area contributed by atoms with Crippen LogP contribution in [0, 0.1) is 5.82 Å². The van der Waals surface area contributed by atoms with Crippen LogP contribution in [-0.2, 0) is 4.79 Å². The van der Waals surface area contributed by atoms with Crippen LogP contribution in [0.15, 0.2) is 54.9 Å². The molecule has 2 aromatic carbocycles. The van der Waals surface area contributed by atoms with E-state index in [1.54, 1.807) is 48.8 Å². The van der Waals surface area contributed by atoms with Gasteiger partial charge in [0, 0.05) is 23.5 Å². The molecule has 0 bridgehead atoms. The maximum atomic E-state index is 14.6. The fourth-order valence-corrected chi connectivity index (χ4v) is 4.12. The summed E-state index contributed by atoms with van der Waals surface area (Å²) in [4.78, 5) is 20.8. The molecule has 3 rings (SSSR count). The molecule has 0 unspecified atom stereocenters. The minimum Gasteiger partial charge on any atom is -0.491 e. The molecule has 204 valence electrons. The van der Waals surface area contributed by atoms with E-state index in [1.807, 2.05) is 6.92 Å². The average Bonchev–Trinajstić information content (AvgIpc) is 2.91. The highest BCUT2D eigenvalue weighted by molar-refractivity contribution is 5.81. The molecule has 0 aliphatic rings. The van der Waals surface area contributed by atoms with E-state index < -0.39 is 17.5 Å².